The average molecular weight is 464 g/mol. The molecule has 0 unspecified atom stereocenters. The SMILES string of the molecule is Cc1ccc(-c2ccc3c(c2)c2ccccc2n3-c2cc(C#N)c(-c3ccncc3)cc2C)c(C)c1. The van der Waals surface area contributed by atoms with Crippen LogP contribution in [0.15, 0.2) is 97.3 Å². The third kappa shape index (κ3) is 3.47. The Labute approximate surface area is 210 Å². The van der Waals surface area contributed by atoms with Gasteiger partial charge in [0.25, 0.3) is 0 Å². The fourth-order valence-corrected chi connectivity index (χ4v) is 5.34. The van der Waals surface area contributed by atoms with E-state index in [9.17, 15) is 5.26 Å². The van der Waals surface area contributed by atoms with Crippen molar-refractivity contribution in [3.8, 4) is 34.0 Å². The Morgan fingerprint density at radius 1 is 0.667 bits per heavy atom. The molecule has 6 aromatic rings. The number of benzene rings is 4. The van der Waals surface area contributed by atoms with E-state index in [-0.39, 0.29) is 0 Å². The zero-order chi connectivity index (χ0) is 24.8. The van der Waals surface area contributed by atoms with Crippen molar-refractivity contribution in [3.05, 3.63) is 120 Å². The molecule has 3 nitrogen and oxygen atoms in total. The fraction of sp³-hybridized carbons (Fsp3) is 0.0909. The minimum Gasteiger partial charge on any atom is -0.309 e. The van der Waals surface area contributed by atoms with Crippen LogP contribution in [0.1, 0.15) is 22.3 Å². The minimum absolute atomic E-state index is 0.652. The van der Waals surface area contributed by atoms with Crippen LogP contribution in [-0.2, 0) is 0 Å². The molecular formula is C33H25N3. The van der Waals surface area contributed by atoms with E-state index in [1.54, 1.807) is 12.4 Å². The largest absolute Gasteiger partial charge is 0.309 e. The summed E-state index contributed by atoms with van der Waals surface area (Å²) in [6, 6.07) is 32.3. The first-order chi connectivity index (χ1) is 17.5. The molecule has 0 amide bonds. The highest BCUT2D eigenvalue weighted by Gasteiger charge is 2.17. The zero-order valence-electron chi connectivity index (χ0n) is 20.6. The number of hydrogen-bond donors (Lipinski definition) is 0. The average Bonchev–Trinajstić information content (AvgIpc) is 3.22. The Morgan fingerprint density at radius 3 is 2.22 bits per heavy atom. The third-order valence-corrected chi connectivity index (χ3v) is 7.05. The molecule has 0 fully saturated rings. The van der Waals surface area contributed by atoms with Gasteiger partial charge in [-0.25, -0.2) is 0 Å². The lowest BCUT2D eigenvalue weighted by Crippen LogP contribution is -1.99. The monoisotopic (exact) mass is 463 g/mol. The summed E-state index contributed by atoms with van der Waals surface area (Å²) in [6.45, 7) is 6.42. The van der Waals surface area contributed by atoms with Gasteiger partial charge in [0, 0.05) is 23.2 Å². The van der Waals surface area contributed by atoms with Crippen LogP contribution in [-0.4, -0.2) is 9.55 Å². The van der Waals surface area contributed by atoms with Gasteiger partial charge in [0.15, 0.2) is 0 Å². The topological polar surface area (TPSA) is 41.6 Å². The molecule has 172 valence electrons. The molecular weight excluding hydrogens is 438 g/mol. The van der Waals surface area contributed by atoms with Crippen molar-refractivity contribution < 1.29 is 0 Å². The second kappa shape index (κ2) is 8.52. The molecule has 0 aliphatic carbocycles. The first-order valence-corrected chi connectivity index (χ1v) is 12.1. The Kier molecular flexibility index (Phi) is 5.16. The molecule has 0 atom stereocenters. The Bertz CT molecular complexity index is 1820. The summed E-state index contributed by atoms with van der Waals surface area (Å²) in [6.07, 6.45) is 3.53. The Morgan fingerprint density at radius 2 is 1.44 bits per heavy atom. The predicted octanol–water partition coefficient (Wildman–Crippen LogP) is 8.31. The second-order valence-corrected chi connectivity index (χ2v) is 9.43. The number of para-hydroxylation sites is 1. The zero-order valence-corrected chi connectivity index (χ0v) is 20.6. The van der Waals surface area contributed by atoms with Gasteiger partial charge in [-0.15, -0.1) is 0 Å². The number of fused-ring (bicyclic) bond motifs is 3. The molecule has 0 N–H and O–H groups in total. The van der Waals surface area contributed by atoms with Crippen LogP contribution in [0.3, 0.4) is 0 Å². The number of nitriles is 1. The van der Waals surface area contributed by atoms with Crippen molar-refractivity contribution in [3.63, 3.8) is 0 Å². The molecule has 0 saturated heterocycles. The van der Waals surface area contributed by atoms with Crippen molar-refractivity contribution in [2.75, 3.05) is 0 Å². The first-order valence-electron chi connectivity index (χ1n) is 12.1. The molecule has 36 heavy (non-hydrogen) atoms. The normalized spacial score (nSPS) is 11.2. The second-order valence-electron chi connectivity index (χ2n) is 9.43. The van der Waals surface area contributed by atoms with Gasteiger partial charge in [0.05, 0.1) is 28.4 Å². The summed E-state index contributed by atoms with van der Waals surface area (Å²) >= 11 is 0. The van der Waals surface area contributed by atoms with Crippen LogP contribution in [0.5, 0.6) is 0 Å². The summed E-state index contributed by atoms with van der Waals surface area (Å²) in [4.78, 5) is 4.13. The molecule has 2 aromatic heterocycles. The summed E-state index contributed by atoms with van der Waals surface area (Å²) in [5.41, 5.74) is 12.0. The standard InChI is InChI=1S/C33H25N3/c1-21-8-10-27(22(2)16-21)25-9-11-32-30(18-25)28-6-4-5-7-31(28)36(32)33-19-26(20-34)29(17-23(33)3)24-12-14-35-15-13-24/h4-19H,1-3H3. The van der Waals surface area contributed by atoms with Gasteiger partial charge < -0.3 is 4.57 Å². The smallest absolute Gasteiger partial charge is 0.0998 e. The molecule has 0 bridgehead atoms. The van der Waals surface area contributed by atoms with Crippen molar-refractivity contribution >= 4 is 21.8 Å². The van der Waals surface area contributed by atoms with E-state index in [0.29, 0.717) is 5.56 Å². The Balaban J connectivity index is 1.61. The number of rotatable bonds is 3. The molecule has 0 aliphatic rings. The van der Waals surface area contributed by atoms with Crippen LogP contribution >= 0.6 is 0 Å². The van der Waals surface area contributed by atoms with Crippen LogP contribution in [0, 0.1) is 32.1 Å². The van der Waals surface area contributed by atoms with Crippen LogP contribution in [0.25, 0.3) is 49.7 Å². The molecule has 0 spiro atoms. The predicted molar refractivity (Wildman–Crippen MR) is 148 cm³/mol. The van der Waals surface area contributed by atoms with E-state index in [2.05, 4.69) is 103 Å². The van der Waals surface area contributed by atoms with Gasteiger partial charge in [-0.05, 0) is 96.6 Å². The lowest BCUT2D eigenvalue weighted by atomic mass is 9.97. The van der Waals surface area contributed by atoms with E-state index in [4.69, 9.17) is 0 Å². The lowest BCUT2D eigenvalue weighted by molar-refractivity contribution is 1.15. The highest BCUT2D eigenvalue weighted by Crippen LogP contribution is 2.37. The molecule has 0 aliphatic heterocycles. The van der Waals surface area contributed by atoms with Crippen LogP contribution < -0.4 is 0 Å². The molecule has 2 heterocycles. The van der Waals surface area contributed by atoms with Gasteiger partial charge in [0.2, 0.25) is 0 Å². The molecule has 0 saturated carbocycles. The van der Waals surface area contributed by atoms with E-state index in [1.165, 1.54) is 33.0 Å². The summed E-state index contributed by atoms with van der Waals surface area (Å²) in [5.74, 6) is 0. The van der Waals surface area contributed by atoms with Gasteiger partial charge in [-0.1, -0.05) is 48.0 Å². The highest BCUT2D eigenvalue weighted by atomic mass is 15.0. The number of nitrogens with zero attached hydrogens (tertiary/aromatic N) is 3. The van der Waals surface area contributed by atoms with Gasteiger partial charge >= 0.3 is 0 Å². The van der Waals surface area contributed by atoms with Crippen molar-refractivity contribution in [2.24, 2.45) is 0 Å². The maximum atomic E-state index is 10.1. The van der Waals surface area contributed by atoms with E-state index in [1.807, 2.05) is 18.2 Å². The van der Waals surface area contributed by atoms with Crippen molar-refractivity contribution in [2.45, 2.75) is 20.8 Å². The van der Waals surface area contributed by atoms with Crippen LogP contribution in [0.4, 0.5) is 0 Å². The number of aryl methyl sites for hydroxylation is 3. The third-order valence-electron chi connectivity index (χ3n) is 7.05. The van der Waals surface area contributed by atoms with Crippen molar-refractivity contribution in [1.29, 1.82) is 5.26 Å². The van der Waals surface area contributed by atoms with E-state index in [0.717, 1.165) is 33.4 Å². The first kappa shape index (κ1) is 21.8. The quantitative estimate of drug-likeness (QED) is 0.265. The Hall–Kier alpha value is -4.68. The van der Waals surface area contributed by atoms with E-state index >= 15 is 0 Å². The maximum absolute atomic E-state index is 10.1. The molecule has 6 rings (SSSR count). The summed E-state index contributed by atoms with van der Waals surface area (Å²) < 4.78 is 2.29. The number of aromatic nitrogens is 2. The highest BCUT2D eigenvalue weighted by molar-refractivity contribution is 6.10. The van der Waals surface area contributed by atoms with Crippen LogP contribution in [0.2, 0.25) is 0 Å². The van der Waals surface area contributed by atoms with Gasteiger partial charge in [-0.3, -0.25) is 4.98 Å². The number of pyridine rings is 1. The van der Waals surface area contributed by atoms with Gasteiger partial charge in [-0.2, -0.15) is 5.26 Å². The number of hydrogen-bond acceptors (Lipinski definition) is 2. The van der Waals surface area contributed by atoms with Crippen molar-refractivity contribution in [1.82, 2.24) is 9.55 Å². The lowest BCUT2D eigenvalue weighted by Gasteiger charge is -2.15. The maximum Gasteiger partial charge on any atom is 0.0998 e. The summed E-state index contributed by atoms with van der Waals surface area (Å²) in [5, 5.41) is 12.5. The molecule has 4 aromatic carbocycles. The van der Waals surface area contributed by atoms with E-state index < -0.39 is 0 Å². The fourth-order valence-electron chi connectivity index (χ4n) is 5.34. The molecule has 3 heteroatoms. The molecule has 0 radical (unpaired) electrons. The summed E-state index contributed by atoms with van der Waals surface area (Å²) in [7, 11) is 0. The van der Waals surface area contributed by atoms with Gasteiger partial charge in [0.1, 0.15) is 0 Å². The minimum atomic E-state index is 0.652.